The summed E-state index contributed by atoms with van der Waals surface area (Å²) in [4.78, 5) is 29.4. The number of nitrogens with one attached hydrogen (secondary N) is 1. The molecule has 2 rings (SSSR count). The highest BCUT2D eigenvalue weighted by Gasteiger charge is 2.31. The number of carbonyl (C=O) groups is 2. The van der Waals surface area contributed by atoms with E-state index in [1.807, 2.05) is 12.1 Å². The first-order valence-corrected chi connectivity index (χ1v) is 7.54. The molecular weight excluding hydrogens is 282 g/mol. The number of pyridine rings is 1. The van der Waals surface area contributed by atoms with E-state index in [2.05, 4.69) is 10.3 Å². The van der Waals surface area contributed by atoms with Crippen molar-refractivity contribution >= 4 is 11.8 Å². The number of likely N-dealkylation sites (tertiary alicyclic amines) is 1. The first-order valence-electron chi connectivity index (χ1n) is 7.54. The molecule has 1 N–H and O–H groups in total. The molecule has 22 heavy (non-hydrogen) atoms. The van der Waals surface area contributed by atoms with Crippen LogP contribution >= 0.6 is 0 Å². The van der Waals surface area contributed by atoms with Crippen molar-refractivity contribution in [2.45, 2.75) is 32.4 Å². The number of ether oxygens (including phenoxy) is 1. The van der Waals surface area contributed by atoms with Crippen molar-refractivity contribution in [3.8, 4) is 0 Å². The second-order valence-corrected chi connectivity index (χ2v) is 5.62. The summed E-state index contributed by atoms with van der Waals surface area (Å²) in [5, 5.41) is 2.91. The third kappa shape index (κ3) is 4.53. The highest BCUT2D eigenvalue weighted by molar-refractivity contribution is 5.77. The Morgan fingerprint density at radius 3 is 2.77 bits per heavy atom. The predicted octanol–water partition coefficient (Wildman–Crippen LogP) is 0.971. The zero-order valence-corrected chi connectivity index (χ0v) is 13.1. The van der Waals surface area contributed by atoms with Crippen LogP contribution in [-0.4, -0.2) is 48.0 Å². The summed E-state index contributed by atoms with van der Waals surface area (Å²) in [6.45, 7) is 3.33. The fourth-order valence-corrected chi connectivity index (χ4v) is 2.81. The molecule has 6 heteroatoms. The second kappa shape index (κ2) is 7.89. The van der Waals surface area contributed by atoms with Crippen LogP contribution in [0.3, 0.4) is 0 Å². The first-order chi connectivity index (χ1) is 10.6. The van der Waals surface area contributed by atoms with Crippen LogP contribution in [0.1, 0.15) is 25.3 Å². The molecule has 1 fully saturated rings. The zero-order chi connectivity index (χ0) is 15.9. The molecule has 2 heterocycles. The van der Waals surface area contributed by atoms with Crippen LogP contribution in [0.5, 0.6) is 0 Å². The maximum atomic E-state index is 12.1. The number of hydrogen-bond donors (Lipinski definition) is 1. The van der Waals surface area contributed by atoms with Crippen LogP contribution in [0.15, 0.2) is 24.5 Å². The van der Waals surface area contributed by atoms with Crippen molar-refractivity contribution < 1.29 is 14.3 Å². The van der Waals surface area contributed by atoms with Gasteiger partial charge in [0.2, 0.25) is 11.8 Å². The summed E-state index contributed by atoms with van der Waals surface area (Å²) >= 11 is 0. The summed E-state index contributed by atoms with van der Waals surface area (Å²) in [6.07, 6.45) is 4.58. The van der Waals surface area contributed by atoms with Gasteiger partial charge >= 0.3 is 0 Å². The van der Waals surface area contributed by atoms with Gasteiger partial charge in [-0.05, 0) is 24.1 Å². The van der Waals surface area contributed by atoms with Gasteiger partial charge in [-0.1, -0.05) is 0 Å². The van der Waals surface area contributed by atoms with Crippen molar-refractivity contribution in [1.29, 1.82) is 0 Å². The number of amides is 2. The molecule has 0 aromatic carbocycles. The molecule has 1 aromatic rings. The lowest BCUT2D eigenvalue weighted by molar-refractivity contribution is -0.135. The summed E-state index contributed by atoms with van der Waals surface area (Å²) in [5.41, 5.74) is 1.01. The highest BCUT2D eigenvalue weighted by atomic mass is 16.5. The predicted molar refractivity (Wildman–Crippen MR) is 81.9 cm³/mol. The molecule has 0 radical (unpaired) electrons. The molecule has 0 saturated carbocycles. The molecule has 6 nitrogen and oxygen atoms in total. The number of carbonyl (C=O) groups excluding carboxylic acids is 2. The molecule has 0 aliphatic carbocycles. The lowest BCUT2D eigenvalue weighted by Crippen LogP contribution is -2.47. The van der Waals surface area contributed by atoms with Crippen LogP contribution in [-0.2, 0) is 20.9 Å². The van der Waals surface area contributed by atoms with E-state index in [0.717, 1.165) is 12.0 Å². The van der Waals surface area contributed by atoms with E-state index in [1.165, 1.54) is 0 Å². The van der Waals surface area contributed by atoms with Crippen LogP contribution in [0.4, 0.5) is 0 Å². The number of methoxy groups -OCH3 is 1. The summed E-state index contributed by atoms with van der Waals surface area (Å²) in [7, 11) is 1.66. The average Bonchev–Trinajstić information content (AvgIpc) is 2.53. The Morgan fingerprint density at radius 2 is 2.14 bits per heavy atom. The van der Waals surface area contributed by atoms with Gasteiger partial charge in [0.05, 0.1) is 6.10 Å². The third-order valence-electron chi connectivity index (χ3n) is 4.10. The molecule has 1 saturated heterocycles. The Hall–Kier alpha value is -1.95. The smallest absolute Gasteiger partial charge is 0.220 e. The largest absolute Gasteiger partial charge is 0.381 e. The van der Waals surface area contributed by atoms with Crippen LogP contribution in [0, 0.1) is 5.92 Å². The number of piperidine rings is 1. The Bertz CT molecular complexity index is 507. The van der Waals surface area contributed by atoms with Crippen molar-refractivity contribution in [2.75, 3.05) is 20.2 Å². The molecule has 0 spiro atoms. The van der Waals surface area contributed by atoms with Crippen molar-refractivity contribution in [3.05, 3.63) is 30.1 Å². The lowest BCUT2D eigenvalue weighted by atomic mass is 9.91. The van der Waals surface area contributed by atoms with Gasteiger partial charge in [-0.2, -0.15) is 0 Å². The minimum Gasteiger partial charge on any atom is -0.381 e. The van der Waals surface area contributed by atoms with E-state index in [4.69, 9.17) is 4.74 Å². The van der Waals surface area contributed by atoms with E-state index >= 15 is 0 Å². The fourth-order valence-electron chi connectivity index (χ4n) is 2.81. The minimum atomic E-state index is -0.0192. The number of hydrogen-bond acceptors (Lipinski definition) is 4. The summed E-state index contributed by atoms with van der Waals surface area (Å²) < 4.78 is 5.47. The zero-order valence-electron chi connectivity index (χ0n) is 13.1. The topological polar surface area (TPSA) is 71.5 Å². The number of aromatic nitrogens is 1. The van der Waals surface area contributed by atoms with Gasteiger partial charge in [-0.25, -0.2) is 0 Å². The SMILES string of the molecule is CO[C@@H]1CCN(C(C)=O)C[C@H]1CC(=O)NCc1ccncc1. The van der Waals surface area contributed by atoms with Gasteiger partial charge in [0.15, 0.2) is 0 Å². The molecule has 2 amide bonds. The molecular formula is C16H23N3O3. The molecule has 1 aliphatic heterocycles. The first kappa shape index (κ1) is 16.4. The number of nitrogens with zero attached hydrogens (tertiary/aromatic N) is 2. The van der Waals surface area contributed by atoms with Crippen LogP contribution in [0.25, 0.3) is 0 Å². The third-order valence-corrected chi connectivity index (χ3v) is 4.10. The Balaban J connectivity index is 1.86. The standard InChI is InChI=1S/C16H23N3O3/c1-12(20)19-8-5-15(22-2)14(11-19)9-16(21)18-10-13-3-6-17-7-4-13/h3-4,6-7,14-15H,5,8-11H2,1-2H3,(H,18,21)/t14-,15-/m1/s1. The molecule has 2 atom stereocenters. The Labute approximate surface area is 130 Å². The van der Waals surface area contributed by atoms with E-state index in [9.17, 15) is 9.59 Å². The van der Waals surface area contributed by atoms with Crippen molar-refractivity contribution in [3.63, 3.8) is 0 Å². The maximum absolute atomic E-state index is 12.1. The van der Waals surface area contributed by atoms with E-state index in [-0.39, 0.29) is 23.8 Å². The van der Waals surface area contributed by atoms with E-state index < -0.39 is 0 Å². The van der Waals surface area contributed by atoms with E-state index in [0.29, 0.717) is 26.1 Å². The summed E-state index contributed by atoms with van der Waals surface area (Å²) in [5.74, 6) is 0.0751. The molecule has 1 aromatic heterocycles. The minimum absolute atomic E-state index is 0.0192. The van der Waals surface area contributed by atoms with Gasteiger partial charge in [0.1, 0.15) is 0 Å². The summed E-state index contributed by atoms with van der Waals surface area (Å²) in [6, 6.07) is 3.74. The normalized spacial score (nSPS) is 21.5. The Morgan fingerprint density at radius 1 is 1.41 bits per heavy atom. The maximum Gasteiger partial charge on any atom is 0.220 e. The molecule has 120 valence electrons. The van der Waals surface area contributed by atoms with Crippen LogP contribution < -0.4 is 5.32 Å². The second-order valence-electron chi connectivity index (χ2n) is 5.62. The van der Waals surface area contributed by atoms with Crippen LogP contribution in [0.2, 0.25) is 0 Å². The Kier molecular flexibility index (Phi) is 5.89. The van der Waals surface area contributed by atoms with Gasteiger partial charge in [0, 0.05) is 58.4 Å². The van der Waals surface area contributed by atoms with Crippen molar-refractivity contribution in [2.24, 2.45) is 5.92 Å². The lowest BCUT2D eigenvalue weighted by Gasteiger charge is -2.37. The molecule has 0 bridgehead atoms. The van der Waals surface area contributed by atoms with Gasteiger partial charge < -0.3 is 15.0 Å². The molecule has 0 unspecified atom stereocenters. The van der Waals surface area contributed by atoms with Crippen molar-refractivity contribution in [1.82, 2.24) is 15.2 Å². The quantitative estimate of drug-likeness (QED) is 0.880. The van der Waals surface area contributed by atoms with Gasteiger partial charge in [-0.3, -0.25) is 14.6 Å². The highest BCUT2D eigenvalue weighted by Crippen LogP contribution is 2.22. The molecule has 1 aliphatic rings. The average molecular weight is 305 g/mol. The fraction of sp³-hybridized carbons (Fsp3) is 0.562. The van der Waals surface area contributed by atoms with Gasteiger partial charge in [-0.15, -0.1) is 0 Å². The van der Waals surface area contributed by atoms with E-state index in [1.54, 1.807) is 31.3 Å². The monoisotopic (exact) mass is 305 g/mol. The number of rotatable bonds is 5. The van der Waals surface area contributed by atoms with Gasteiger partial charge in [0.25, 0.3) is 0 Å².